The second-order valence-corrected chi connectivity index (χ2v) is 9.67. The molecule has 36 heavy (non-hydrogen) atoms. The number of hydrogen-bond acceptors (Lipinski definition) is 6. The maximum atomic E-state index is 13.3. The molecule has 0 atom stereocenters. The first-order valence-corrected chi connectivity index (χ1v) is 12.3. The Kier molecular flexibility index (Phi) is 6.45. The number of anilines is 2. The number of hydrogen-bond donors (Lipinski definition) is 2. The van der Waals surface area contributed by atoms with Gasteiger partial charge < -0.3 is 15.4 Å². The summed E-state index contributed by atoms with van der Waals surface area (Å²) in [5.74, 6) is -0.938. The second kappa shape index (κ2) is 9.85. The van der Waals surface area contributed by atoms with E-state index in [1.807, 2.05) is 30.3 Å². The molecule has 1 aliphatic rings. The van der Waals surface area contributed by atoms with Crippen molar-refractivity contribution in [1.82, 2.24) is 0 Å². The van der Waals surface area contributed by atoms with Crippen molar-refractivity contribution in [3.63, 3.8) is 0 Å². The van der Waals surface area contributed by atoms with E-state index in [1.54, 1.807) is 48.5 Å². The molecule has 0 amide bonds. The zero-order valence-electron chi connectivity index (χ0n) is 19.2. The molecule has 1 aromatic heterocycles. The van der Waals surface area contributed by atoms with Crippen molar-refractivity contribution in [2.75, 3.05) is 17.7 Å². The van der Waals surface area contributed by atoms with E-state index in [0.717, 1.165) is 10.4 Å². The minimum atomic E-state index is -0.481. The van der Waals surface area contributed by atoms with E-state index in [2.05, 4.69) is 10.6 Å². The first kappa shape index (κ1) is 23.6. The number of benzene rings is 3. The van der Waals surface area contributed by atoms with Gasteiger partial charge in [-0.2, -0.15) is 0 Å². The van der Waals surface area contributed by atoms with Crippen LogP contribution >= 0.6 is 23.6 Å². The Balaban J connectivity index is 1.41. The maximum absolute atomic E-state index is 13.3. The van der Waals surface area contributed by atoms with Crippen LogP contribution in [0.15, 0.2) is 78.9 Å². The van der Waals surface area contributed by atoms with Gasteiger partial charge in [-0.05, 0) is 29.9 Å². The van der Waals surface area contributed by atoms with Crippen molar-refractivity contribution in [2.24, 2.45) is 0 Å². The summed E-state index contributed by atoms with van der Waals surface area (Å²) in [5.41, 5.74) is 3.24. The van der Waals surface area contributed by atoms with Gasteiger partial charge in [0, 0.05) is 28.0 Å². The normalized spacial score (nSPS) is 11.9. The third kappa shape index (κ3) is 4.44. The quantitative estimate of drug-likeness (QED) is 0.230. The Labute approximate surface area is 216 Å². The molecule has 0 spiro atoms. The largest absolute Gasteiger partial charge is 0.465 e. The molecule has 1 aliphatic carbocycles. The van der Waals surface area contributed by atoms with Crippen molar-refractivity contribution < 1.29 is 19.1 Å². The average molecular weight is 513 g/mol. The van der Waals surface area contributed by atoms with E-state index in [-0.39, 0.29) is 22.2 Å². The highest BCUT2D eigenvalue weighted by Crippen LogP contribution is 2.33. The van der Waals surface area contributed by atoms with Gasteiger partial charge in [0.2, 0.25) is 0 Å². The number of ketones is 2. The molecule has 0 aliphatic heterocycles. The number of fused-ring (bicyclic) bond motifs is 2. The van der Waals surface area contributed by atoms with Crippen LogP contribution in [-0.4, -0.2) is 29.8 Å². The number of ether oxygens (including phenoxy) is 1. The molecular weight excluding hydrogens is 492 g/mol. The molecule has 0 unspecified atom stereocenters. The Hall–Kier alpha value is -4.14. The molecule has 0 radical (unpaired) electrons. The van der Waals surface area contributed by atoms with Crippen molar-refractivity contribution in [3.05, 3.63) is 117 Å². The summed E-state index contributed by atoms with van der Waals surface area (Å²) in [5, 5.41) is 6.83. The third-order valence-electron chi connectivity index (χ3n) is 5.84. The summed E-state index contributed by atoms with van der Waals surface area (Å²) in [6, 6.07) is 23.5. The fraction of sp³-hybridized carbons (Fsp3) is 0.0714. The molecule has 4 aromatic rings. The van der Waals surface area contributed by atoms with Gasteiger partial charge in [-0.3, -0.25) is 9.59 Å². The van der Waals surface area contributed by atoms with Crippen LogP contribution in [-0.2, 0) is 11.2 Å². The summed E-state index contributed by atoms with van der Waals surface area (Å²) >= 11 is 6.92. The monoisotopic (exact) mass is 512 g/mol. The van der Waals surface area contributed by atoms with Crippen LogP contribution in [0.2, 0.25) is 0 Å². The van der Waals surface area contributed by atoms with Gasteiger partial charge >= 0.3 is 5.97 Å². The lowest BCUT2D eigenvalue weighted by Gasteiger charge is -2.21. The molecule has 0 saturated carbocycles. The number of thiocarbonyl (C=S) groups is 1. The standard InChI is InChI=1S/C28H20N2O4S2/c1-34-27(33)21-15-17(14-16-8-3-2-4-9-16)36-26(21)30-28(35)29-22-13-7-12-20-23(22)25(32)19-11-6-5-10-18(19)24(20)31/h2-13,15H,14H2,1H3,(H2,29,30,35). The number of thiophene rings is 1. The average Bonchev–Trinajstić information content (AvgIpc) is 3.28. The van der Waals surface area contributed by atoms with Crippen LogP contribution in [0.25, 0.3) is 0 Å². The third-order valence-corrected chi connectivity index (χ3v) is 7.09. The van der Waals surface area contributed by atoms with Crippen LogP contribution in [0.4, 0.5) is 10.7 Å². The second-order valence-electron chi connectivity index (χ2n) is 8.12. The molecule has 0 bridgehead atoms. The van der Waals surface area contributed by atoms with Crippen molar-refractivity contribution in [1.29, 1.82) is 0 Å². The lowest BCUT2D eigenvalue weighted by Crippen LogP contribution is -2.25. The number of carbonyl (C=O) groups is 3. The van der Waals surface area contributed by atoms with E-state index >= 15 is 0 Å². The van der Waals surface area contributed by atoms with E-state index in [1.165, 1.54) is 18.4 Å². The first-order valence-electron chi connectivity index (χ1n) is 11.1. The van der Waals surface area contributed by atoms with Gasteiger partial charge in [-0.25, -0.2) is 4.79 Å². The van der Waals surface area contributed by atoms with Crippen molar-refractivity contribution in [2.45, 2.75) is 6.42 Å². The van der Waals surface area contributed by atoms with Crippen LogP contribution in [0, 0.1) is 0 Å². The first-order chi connectivity index (χ1) is 17.5. The topological polar surface area (TPSA) is 84.5 Å². The molecule has 1 heterocycles. The molecule has 8 heteroatoms. The summed E-state index contributed by atoms with van der Waals surface area (Å²) in [4.78, 5) is 39.7. The number of esters is 1. The van der Waals surface area contributed by atoms with Crippen LogP contribution in [0.5, 0.6) is 0 Å². The van der Waals surface area contributed by atoms with Gasteiger partial charge in [0.25, 0.3) is 0 Å². The fourth-order valence-corrected chi connectivity index (χ4v) is 5.55. The van der Waals surface area contributed by atoms with Gasteiger partial charge in [0.1, 0.15) is 5.00 Å². The molecular formula is C28H20N2O4S2. The van der Waals surface area contributed by atoms with Gasteiger partial charge in [0.15, 0.2) is 16.7 Å². The van der Waals surface area contributed by atoms with E-state index in [0.29, 0.717) is 39.4 Å². The molecule has 5 rings (SSSR count). The highest BCUT2D eigenvalue weighted by Gasteiger charge is 2.31. The summed E-state index contributed by atoms with van der Waals surface area (Å²) < 4.78 is 4.96. The van der Waals surface area contributed by atoms with Gasteiger partial charge in [0.05, 0.1) is 23.9 Å². The zero-order valence-corrected chi connectivity index (χ0v) is 20.8. The Morgan fingerprint density at radius 1 is 0.861 bits per heavy atom. The minimum Gasteiger partial charge on any atom is -0.465 e. The fourth-order valence-electron chi connectivity index (χ4n) is 4.19. The number of methoxy groups -OCH3 is 1. The summed E-state index contributed by atoms with van der Waals surface area (Å²) in [6.45, 7) is 0. The van der Waals surface area contributed by atoms with E-state index < -0.39 is 5.97 Å². The Bertz CT molecular complexity index is 1530. The SMILES string of the molecule is COC(=O)c1cc(Cc2ccccc2)sc1NC(=S)Nc1cccc2c1C(=O)c1ccccc1C2=O. The Morgan fingerprint density at radius 3 is 2.25 bits per heavy atom. The van der Waals surface area contributed by atoms with Crippen LogP contribution < -0.4 is 10.6 Å². The zero-order chi connectivity index (χ0) is 25.2. The molecule has 2 N–H and O–H groups in total. The Morgan fingerprint density at radius 2 is 1.53 bits per heavy atom. The molecule has 0 saturated heterocycles. The number of nitrogens with one attached hydrogen (secondary N) is 2. The molecule has 3 aromatic carbocycles. The highest BCUT2D eigenvalue weighted by atomic mass is 32.1. The van der Waals surface area contributed by atoms with Crippen molar-refractivity contribution in [3.8, 4) is 0 Å². The summed E-state index contributed by atoms with van der Waals surface area (Å²) in [6.07, 6.45) is 0.652. The smallest absolute Gasteiger partial charge is 0.340 e. The van der Waals surface area contributed by atoms with Gasteiger partial charge in [-0.15, -0.1) is 11.3 Å². The van der Waals surface area contributed by atoms with Gasteiger partial charge in [-0.1, -0.05) is 66.7 Å². The van der Waals surface area contributed by atoms with Crippen LogP contribution in [0.3, 0.4) is 0 Å². The lowest BCUT2D eigenvalue weighted by atomic mass is 9.83. The number of rotatable bonds is 5. The minimum absolute atomic E-state index is 0.181. The predicted octanol–water partition coefficient (Wildman–Crippen LogP) is 5.71. The van der Waals surface area contributed by atoms with Crippen LogP contribution in [0.1, 0.15) is 52.6 Å². The number of carbonyl (C=O) groups excluding carboxylic acids is 3. The lowest BCUT2D eigenvalue weighted by molar-refractivity contribution is 0.0602. The predicted molar refractivity (Wildman–Crippen MR) is 144 cm³/mol. The highest BCUT2D eigenvalue weighted by molar-refractivity contribution is 7.80. The molecule has 6 nitrogen and oxygen atoms in total. The van der Waals surface area contributed by atoms with E-state index in [4.69, 9.17) is 17.0 Å². The summed E-state index contributed by atoms with van der Waals surface area (Å²) in [7, 11) is 1.33. The van der Waals surface area contributed by atoms with E-state index in [9.17, 15) is 14.4 Å². The molecule has 0 fully saturated rings. The van der Waals surface area contributed by atoms with Crippen molar-refractivity contribution >= 4 is 56.9 Å². The molecule has 178 valence electrons. The maximum Gasteiger partial charge on any atom is 0.340 e.